The molecular weight excluding hydrogens is 366 g/mol. The number of nitrogens with one attached hydrogen (secondary N) is 1. The highest BCUT2D eigenvalue weighted by Gasteiger charge is 2.25. The average Bonchev–Trinajstić information content (AvgIpc) is 3.14. The van der Waals surface area contributed by atoms with Gasteiger partial charge in [0.25, 0.3) is 0 Å². The molecule has 0 aromatic heterocycles. The van der Waals surface area contributed by atoms with E-state index in [2.05, 4.69) is 5.32 Å². The molecule has 1 aromatic carbocycles. The average molecular weight is 391 g/mol. The first-order valence-electron chi connectivity index (χ1n) is 9.33. The Bertz CT molecular complexity index is 758. The third-order valence-electron chi connectivity index (χ3n) is 4.75. The number of fused-ring (bicyclic) bond motifs is 1. The largest absolute Gasteiger partial charge is 0.465 e. The van der Waals surface area contributed by atoms with Crippen molar-refractivity contribution in [3.63, 3.8) is 0 Å². The van der Waals surface area contributed by atoms with E-state index in [0.29, 0.717) is 49.8 Å². The summed E-state index contributed by atoms with van der Waals surface area (Å²) in [4.78, 5) is 40.3. The van der Waals surface area contributed by atoms with Crippen LogP contribution in [0.3, 0.4) is 0 Å². The number of hydrogen-bond acceptors (Lipinski definition) is 7. The van der Waals surface area contributed by atoms with Gasteiger partial charge in [0.1, 0.15) is 0 Å². The Balaban J connectivity index is 1.60. The van der Waals surface area contributed by atoms with E-state index in [1.54, 1.807) is 6.07 Å². The predicted octanol–water partition coefficient (Wildman–Crippen LogP) is 1.08. The minimum atomic E-state index is -0.573. The van der Waals surface area contributed by atoms with Gasteiger partial charge in [0.15, 0.2) is 11.5 Å². The molecule has 2 amide bonds. The van der Waals surface area contributed by atoms with Crippen molar-refractivity contribution in [1.82, 2.24) is 9.80 Å². The molecule has 152 valence electrons. The summed E-state index contributed by atoms with van der Waals surface area (Å²) in [6, 6.07) is 3.07. The lowest BCUT2D eigenvalue weighted by atomic mass is 10.1. The van der Waals surface area contributed by atoms with Crippen LogP contribution in [0.2, 0.25) is 0 Å². The zero-order valence-corrected chi connectivity index (χ0v) is 16.2. The van der Waals surface area contributed by atoms with Crippen LogP contribution in [0, 0.1) is 0 Å². The number of amides is 2. The van der Waals surface area contributed by atoms with Crippen molar-refractivity contribution in [1.29, 1.82) is 0 Å². The molecule has 1 aromatic rings. The highest BCUT2D eigenvalue weighted by atomic mass is 16.7. The van der Waals surface area contributed by atoms with Crippen molar-refractivity contribution in [2.75, 3.05) is 51.9 Å². The van der Waals surface area contributed by atoms with Crippen LogP contribution < -0.4 is 14.8 Å². The van der Waals surface area contributed by atoms with Crippen LogP contribution >= 0.6 is 0 Å². The Morgan fingerprint density at radius 3 is 2.43 bits per heavy atom. The molecular formula is C19H25N3O6. The summed E-state index contributed by atoms with van der Waals surface area (Å²) >= 11 is 0. The van der Waals surface area contributed by atoms with Crippen molar-refractivity contribution in [3.8, 4) is 11.5 Å². The second-order valence-electron chi connectivity index (χ2n) is 6.70. The summed E-state index contributed by atoms with van der Waals surface area (Å²) in [7, 11) is 1.28. The zero-order chi connectivity index (χ0) is 20.1. The molecule has 0 radical (unpaired) electrons. The van der Waals surface area contributed by atoms with Crippen molar-refractivity contribution < 1.29 is 28.6 Å². The summed E-state index contributed by atoms with van der Waals surface area (Å²) in [5, 5.41) is 2.76. The first-order chi connectivity index (χ1) is 13.5. The predicted molar refractivity (Wildman–Crippen MR) is 100 cm³/mol. The van der Waals surface area contributed by atoms with Gasteiger partial charge in [-0.1, -0.05) is 6.92 Å². The maximum atomic E-state index is 12.5. The van der Waals surface area contributed by atoms with Gasteiger partial charge in [0.2, 0.25) is 18.6 Å². The first kappa shape index (κ1) is 19.9. The van der Waals surface area contributed by atoms with Gasteiger partial charge < -0.3 is 24.4 Å². The maximum Gasteiger partial charge on any atom is 0.340 e. The summed E-state index contributed by atoms with van der Waals surface area (Å²) in [6.07, 6.45) is 1.39. The topological polar surface area (TPSA) is 97.4 Å². The number of anilines is 1. The first-order valence-corrected chi connectivity index (χ1v) is 9.33. The molecule has 0 aliphatic carbocycles. The SMILES string of the molecule is CCCC(=O)N1CCN(CC(=O)Nc2cc3c(cc2C(=O)OC)OCO3)CC1. The van der Waals surface area contributed by atoms with E-state index >= 15 is 0 Å². The highest BCUT2D eigenvalue weighted by Crippen LogP contribution is 2.37. The number of esters is 1. The summed E-state index contributed by atoms with van der Waals surface area (Å²) < 4.78 is 15.4. The Labute approximate surface area is 163 Å². The fraction of sp³-hybridized carbons (Fsp3) is 0.526. The van der Waals surface area contributed by atoms with Crippen LogP contribution in [0.15, 0.2) is 12.1 Å². The number of methoxy groups -OCH3 is 1. The van der Waals surface area contributed by atoms with Gasteiger partial charge >= 0.3 is 5.97 Å². The molecule has 3 rings (SSSR count). The summed E-state index contributed by atoms with van der Waals surface area (Å²) in [5.41, 5.74) is 0.521. The number of carbonyl (C=O) groups is 3. The van der Waals surface area contributed by atoms with Gasteiger partial charge in [-0.05, 0) is 6.42 Å². The molecule has 2 aliphatic heterocycles. The van der Waals surface area contributed by atoms with Crippen LogP contribution in [-0.2, 0) is 14.3 Å². The lowest BCUT2D eigenvalue weighted by Gasteiger charge is -2.34. The highest BCUT2D eigenvalue weighted by molar-refractivity contribution is 6.02. The maximum absolute atomic E-state index is 12.5. The van der Waals surface area contributed by atoms with Crippen molar-refractivity contribution >= 4 is 23.5 Å². The van der Waals surface area contributed by atoms with E-state index in [-0.39, 0.29) is 30.7 Å². The van der Waals surface area contributed by atoms with Crippen LogP contribution in [-0.4, -0.2) is 74.2 Å². The molecule has 0 spiro atoms. The normalized spacial score (nSPS) is 16.0. The molecule has 0 unspecified atom stereocenters. The molecule has 9 heteroatoms. The molecule has 2 heterocycles. The Morgan fingerprint density at radius 2 is 1.79 bits per heavy atom. The number of nitrogens with zero attached hydrogens (tertiary/aromatic N) is 2. The summed E-state index contributed by atoms with van der Waals surface area (Å²) in [6.45, 7) is 4.71. The number of hydrogen-bond donors (Lipinski definition) is 1. The number of ether oxygens (including phenoxy) is 3. The molecule has 9 nitrogen and oxygen atoms in total. The van der Waals surface area contributed by atoms with E-state index in [1.165, 1.54) is 13.2 Å². The van der Waals surface area contributed by atoms with Gasteiger partial charge in [-0.15, -0.1) is 0 Å². The van der Waals surface area contributed by atoms with Gasteiger partial charge in [0, 0.05) is 44.7 Å². The van der Waals surface area contributed by atoms with Gasteiger partial charge in [-0.3, -0.25) is 14.5 Å². The molecule has 28 heavy (non-hydrogen) atoms. The van der Waals surface area contributed by atoms with E-state index in [0.717, 1.165) is 6.42 Å². The fourth-order valence-corrected chi connectivity index (χ4v) is 3.24. The third kappa shape index (κ3) is 4.53. The Kier molecular flexibility index (Phi) is 6.35. The lowest BCUT2D eigenvalue weighted by molar-refractivity contribution is -0.133. The fourth-order valence-electron chi connectivity index (χ4n) is 3.24. The molecule has 2 aliphatic rings. The zero-order valence-electron chi connectivity index (χ0n) is 16.2. The minimum absolute atomic E-state index is 0.0639. The van der Waals surface area contributed by atoms with Crippen molar-refractivity contribution in [3.05, 3.63) is 17.7 Å². The van der Waals surface area contributed by atoms with E-state index in [9.17, 15) is 14.4 Å². The third-order valence-corrected chi connectivity index (χ3v) is 4.75. The minimum Gasteiger partial charge on any atom is -0.465 e. The second-order valence-corrected chi connectivity index (χ2v) is 6.70. The van der Waals surface area contributed by atoms with Gasteiger partial charge in [0.05, 0.1) is 24.9 Å². The van der Waals surface area contributed by atoms with Crippen LogP contribution in [0.5, 0.6) is 11.5 Å². The second kappa shape index (κ2) is 8.92. The van der Waals surface area contributed by atoms with Crippen molar-refractivity contribution in [2.45, 2.75) is 19.8 Å². The Hall–Kier alpha value is -2.81. The smallest absolute Gasteiger partial charge is 0.340 e. The number of carbonyl (C=O) groups excluding carboxylic acids is 3. The number of rotatable bonds is 6. The van der Waals surface area contributed by atoms with E-state index in [4.69, 9.17) is 14.2 Å². The molecule has 0 saturated carbocycles. The molecule has 0 atom stereocenters. The number of piperazine rings is 1. The van der Waals surface area contributed by atoms with Gasteiger partial charge in [-0.2, -0.15) is 0 Å². The standard InChI is InChI=1S/C19H25N3O6/c1-3-4-18(24)22-7-5-21(6-8-22)11-17(23)20-14-10-16-15(27-12-28-16)9-13(14)19(25)26-2/h9-10H,3-8,11-12H2,1-2H3,(H,20,23). The van der Waals surface area contributed by atoms with Crippen LogP contribution in [0.25, 0.3) is 0 Å². The van der Waals surface area contributed by atoms with Crippen LogP contribution in [0.4, 0.5) is 5.69 Å². The number of benzene rings is 1. The quantitative estimate of drug-likeness (QED) is 0.725. The van der Waals surface area contributed by atoms with E-state index < -0.39 is 5.97 Å². The summed E-state index contributed by atoms with van der Waals surface area (Å²) in [5.74, 6) is 0.237. The van der Waals surface area contributed by atoms with E-state index in [1.807, 2.05) is 16.7 Å². The van der Waals surface area contributed by atoms with Crippen molar-refractivity contribution in [2.24, 2.45) is 0 Å². The molecule has 0 bridgehead atoms. The lowest BCUT2D eigenvalue weighted by Crippen LogP contribution is -2.50. The molecule has 1 N–H and O–H groups in total. The molecule has 1 fully saturated rings. The van der Waals surface area contributed by atoms with Crippen LogP contribution in [0.1, 0.15) is 30.1 Å². The monoisotopic (exact) mass is 391 g/mol. The Morgan fingerprint density at radius 1 is 1.11 bits per heavy atom. The molecule has 1 saturated heterocycles. The van der Waals surface area contributed by atoms with Gasteiger partial charge in [-0.25, -0.2) is 4.79 Å².